The van der Waals surface area contributed by atoms with Crippen molar-refractivity contribution in [3.63, 3.8) is 0 Å². The van der Waals surface area contributed by atoms with E-state index in [0.29, 0.717) is 0 Å². The smallest absolute Gasteiger partial charge is 0.0598 e. The summed E-state index contributed by atoms with van der Waals surface area (Å²) in [4.78, 5) is 4.92. The standard InChI is InChI=1S/C17H20N2S/c1-12-7-8-15-14(11-12)13(5-2-3-9-18)17(19-15)16-6-4-10-20-16/h4,6-8,10-11,19H,2-3,5,9,18H2,1H3. The molecule has 0 saturated carbocycles. The van der Waals surface area contributed by atoms with Crippen LogP contribution in [0.2, 0.25) is 0 Å². The molecule has 0 amide bonds. The summed E-state index contributed by atoms with van der Waals surface area (Å²) in [6, 6.07) is 10.9. The SMILES string of the molecule is Cc1ccc2[nH]c(-c3cccs3)c(CCCCN)c2c1. The van der Waals surface area contributed by atoms with Gasteiger partial charge < -0.3 is 10.7 Å². The predicted molar refractivity (Wildman–Crippen MR) is 88.3 cm³/mol. The van der Waals surface area contributed by atoms with E-state index < -0.39 is 0 Å². The average Bonchev–Trinajstić information content (AvgIpc) is 3.07. The van der Waals surface area contributed by atoms with Crippen molar-refractivity contribution in [1.82, 2.24) is 4.98 Å². The van der Waals surface area contributed by atoms with E-state index in [1.165, 1.54) is 32.6 Å². The van der Waals surface area contributed by atoms with Gasteiger partial charge in [0.1, 0.15) is 0 Å². The van der Waals surface area contributed by atoms with Crippen LogP contribution in [0.3, 0.4) is 0 Å². The maximum Gasteiger partial charge on any atom is 0.0598 e. The molecule has 2 aromatic heterocycles. The molecular formula is C17H20N2S. The Bertz CT molecular complexity index is 695. The zero-order chi connectivity index (χ0) is 13.9. The van der Waals surface area contributed by atoms with Crippen molar-refractivity contribution in [3.05, 3.63) is 46.8 Å². The Labute approximate surface area is 123 Å². The quantitative estimate of drug-likeness (QED) is 0.666. The van der Waals surface area contributed by atoms with E-state index in [1.54, 1.807) is 11.3 Å². The predicted octanol–water partition coefficient (Wildman–Crippen LogP) is 4.49. The average molecular weight is 284 g/mol. The van der Waals surface area contributed by atoms with Gasteiger partial charge in [-0.1, -0.05) is 17.7 Å². The van der Waals surface area contributed by atoms with Gasteiger partial charge in [-0.15, -0.1) is 11.3 Å². The lowest BCUT2D eigenvalue weighted by atomic mass is 10.0. The van der Waals surface area contributed by atoms with Crippen LogP contribution in [0.5, 0.6) is 0 Å². The first kappa shape index (κ1) is 13.4. The summed E-state index contributed by atoms with van der Waals surface area (Å²) in [6.07, 6.45) is 3.33. The highest BCUT2D eigenvalue weighted by molar-refractivity contribution is 7.13. The number of thiophene rings is 1. The Morgan fingerprint density at radius 1 is 1.20 bits per heavy atom. The second-order valence-electron chi connectivity index (χ2n) is 5.25. The van der Waals surface area contributed by atoms with E-state index in [4.69, 9.17) is 5.73 Å². The molecule has 0 unspecified atom stereocenters. The van der Waals surface area contributed by atoms with Crippen molar-refractivity contribution in [1.29, 1.82) is 0 Å². The molecule has 0 aliphatic carbocycles. The van der Waals surface area contributed by atoms with E-state index in [0.717, 1.165) is 25.8 Å². The Kier molecular flexibility index (Phi) is 3.90. The third-order valence-electron chi connectivity index (χ3n) is 3.71. The second kappa shape index (κ2) is 5.81. The normalized spacial score (nSPS) is 11.3. The number of nitrogens with two attached hydrogens (primary N) is 1. The minimum atomic E-state index is 0.774. The Morgan fingerprint density at radius 3 is 2.85 bits per heavy atom. The number of fused-ring (bicyclic) bond motifs is 1. The van der Waals surface area contributed by atoms with Gasteiger partial charge in [0.2, 0.25) is 0 Å². The molecule has 20 heavy (non-hydrogen) atoms. The number of aryl methyl sites for hydroxylation is 2. The van der Waals surface area contributed by atoms with Crippen molar-refractivity contribution >= 4 is 22.2 Å². The number of rotatable bonds is 5. The van der Waals surface area contributed by atoms with Gasteiger partial charge in [-0.2, -0.15) is 0 Å². The van der Waals surface area contributed by atoms with Crippen LogP contribution < -0.4 is 5.73 Å². The second-order valence-corrected chi connectivity index (χ2v) is 6.20. The lowest BCUT2D eigenvalue weighted by Crippen LogP contribution is -1.99. The summed E-state index contributed by atoms with van der Waals surface area (Å²) >= 11 is 1.79. The van der Waals surface area contributed by atoms with Crippen LogP contribution in [0, 0.1) is 6.92 Å². The van der Waals surface area contributed by atoms with Crippen LogP contribution in [-0.2, 0) is 6.42 Å². The third-order valence-corrected chi connectivity index (χ3v) is 4.60. The summed E-state index contributed by atoms with van der Waals surface area (Å²) < 4.78 is 0. The molecule has 0 bridgehead atoms. The number of hydrogen-bond acceptors (Lipinski definition) is 2. The first-order valence-corrected chi connectivity index (χ1v) is 8.02. The third kappa shape index (κ3) is 2.51. The lowest BCUT2D eigenvalue weighted by molar-refractivity contribution is 0.748. The van der Waals surface area contributed by atoms with Gasteiger partial charge in [-0.3, -0.25) is 0 Å². The summed E-state index contributed by atoms with van der Waals surface area (Å²) in [5.41, 5.74) is 10.9. The highest BCUT2D eigenvalue weighted by Crippen LogP contribution is 2.34. The molecule has 0 fully saturated rings. The first-order valence-electron chi connectivity index (χ1n) is 7.15. The van der Waals surface area contributed by atoms with Crippen LogP contribution in [0.4, 0.5) is 0 Å². The molecule has 0 spiro atoms. The number of unbranched alkanes of at least 4 members (excludes halogenated alkanes) is 1. The molecule has 3 rings (SSSR count). The monoisotopic (exact) mass is 284 g/mol. The number of hydrogen-bond donors (Lipinski definition) is 2. The van der Waals surface area contributed by atoms with Gasteiger partial charge in [0.15, 0.2) is 0 Å². The fourth-order valence-corrected chi connectivity index (χ4v) is 3.45. The van der Waals surface area contributed by atoms with Crippen molar-refractivity contribution in [2.24, 2.45) is 5.73 Å². The molecule has 3 heteroatoms. The zero-order valence-corrected chi connectivity index (χ0v) is 12.6. The Morgan fingerprint density at radius 2 is 2.10 bits per heavy atom. The summed E-state index contributed by atoms with van der Waals surface area (Å²) in [5.74, 6) is 0. The highest BCUT2D eigenvalue weighted by Gasteiger charge is 2.13. The lowest BCUT2D eigenvalue weighted by Gasteiger charge is -2.03. The number of aromatic amines is 1. The number of benzene rings is 1. The van der Waals surface area contributed by atoms with Crippen molar-refractivity contribution in [3.8, 4) is 10.6 Å². The van der Waals surface area contributed by atoms with Crippen LogP contribution >= 0.6 is 11.3 Å². The molecule has 3 aromatic rings. The van der Waals surface area contributed by atoms with Gasteiger partial charge in [0.25, 0.3) is 0 Å². The van der Waals surface area contributed by atoms with Crippen molar-refractivity contribution in [2.75, 3.05) is 6.54 Å². The van der Waals surface area contributed by atoms with Crippen LogP contribution in [-0.4, -0.2) is 11.5 Å². The summed E-state index contributed by atoms with van der Waals surface area (Å²) in [5, 5.41) is 3.50. The maximum atomic E-state index is 5.63. The highest BCUT2D eigenvalue weighted by atomic mass is 32.1. The molecule has 104 valence electrons. The molecule has 3 N–H and O–H groups in total. The minimum Gasteiger partial charge on any atom is -0.354 e. The number of nitrogens with one attached hydrogen (secondary N) is 1. The van der Waals surface area contributed by atoms with Gasteiger partial charge in [-0.25, -0.2) is 0 Å². The first-order chi connectivity index (χ1) is 9.79. The molecular weight excluding hydrogens is 264 g/mol. The van der Waals surface area contributed by atoms with Crippen LogP contribution in [0.25, 0.3) is 21.5 Å². The van der Waals surface area contributed by atoms with Gasteiger partial charge in [0, 0.05) is 10.9 Å². The molecule has 0 aliphatic heterocycles. The molecule has 1 aromatic carbocycles. The minimum absolute atomic E-state index is 0.774. The van der Waals surface area contributed by atoms with E-state index in [-0.39, 0.29) is 0 Å². The van der Waals surface area contributed by atoms with Crippen LogP contribution in [0.1, 0.15) is 24.0 Å². The molecule has 0 aliphatic rings. The van der Waals surface area contributed by atoms with Gasteiger partial charge in [0.05, 0.1) is 10.6 Å². The number of aromatic nitrogens is 1. The van der Waals surface area contributed by atoms with Gasteiger partial charge in [-0.05, 0) is 61.9 Å². The summed E-state index contributed by atoms with van der Waals surface area (Å²) in [6.45, 7) is 2.93. The Balaban J connectivity index is 2.10. The van der Waals surface area contributed by atoms with E-state index >= 15 is 0 Å². The zero-order valence-electron chi connectivity index (χ0n) is 11.8. The Hall–Kier alpha value is -1.58. The van der Waals surface area contributed by atoms with Crippen molar-refractivity contribution < 1.29 is 0 Å². The number of H-pyrrole nitrogens is 1. The largest absolute Gasteiger partial charge is 0.354 e. The van der Waals surface area contributed by atoms with E-state index in [9.17, 15) is 0 Å². The maximum absolute atomic E-state index is 5.63. The molecule has 2 heterocycles. The fraction of sp³-hybridized carbons (Fsp3) is 0.294. The van der Waals surface area contributed by atoms with Crippen LogP contribution in [0.15, 0.2) is 35.7 Å². The van der Waals surface area contributed by atoms with Gasteiger partial charge >= 0.3 is 0 Å². The molecule has 0 saturated heterocycles. The topological polar surface area (TPSA) is 41.8 Å². The molecule has 0 radical (unpaired) electrons. The molecule has 0 atom stereocenters. The summed E-state index contributed by atoms with van der Waals surface area (Å²) in [7, 11) is 0. The molecule has 2 nitrogen and oxygen atoms in total. The van der Waals surface area contributed by atoms with E-state index in [1.807, 2.05) is 0 Å². The van der Waals surface area contributed by atoms with Crippen molar-refractivity contribution in [2.45, 2.75) is 26.2 Å². The van der Waals surface area contributed by atoms with E-state index in [2.05, 4.69) is 47.6 Å². The fourth-order valence-electron chi connectivity index (χ4n) is 2.70.